The third-order valence-electron chi connectivity index (χ3n) is 3.59. The molecule has 0 aliphatic carbocycles. The molecule has 10 nitrogen and oxygen atoms in total. The molecule has 1 aromatic carbocycles. The largest absolute Gasteiger partial charge is 0.513 e. The number of fused-ring (bicyclic) bond motifs is 1. The number of nitrogens with zero attached hydrogens (tertiary/aromatic N) is 3. The normalized spacial score (nSPS) is 11.3. The van der Waals surface area contributed by atoms with Crippen LogP contribution in [0.25, 0.3) is 5.52 Å². The minimum Gasteiger partial charge on any atom is -0.437 e. The predicted octanol–water partition coefficient (Wildman–Crippen LogP) is 1.57. The van der Waals surface area contributed by atoms with E-state index in [1.54, 1.807) is 25.1 Å². The number of hydrogen-bond donors (Lipinski definition) is 2. The van der Waals surface area contributed by atoms with Crippen LogP contribution in [0.4, 0.5) is 16.3 Å². The van der Waals surface area contributed by atoms with Gasteiger partial charge in [-0.25, -0.2) is 27.9 Å². The molecule has 2 aromatic heterocycles. The van der Waals surface area contributed by atoms with Gasteiger partial charge in [0.25, 0.3) is 0 Å². The molecule has 0 bridgehead atoms. The summed E-state index contributed by atoms with van der Waals surface area (Å²) in [6, 6.07) is 6.16. The third-order valence-corrected chi connectivity index (χ3v) is 4.56. The maximum atomic E-state index is 11.8. The van der Waals surface area contributed by atoms with Gasteiger partial charge in [-0.05, 0) is 19.1 Å². The Morgan fingerprint density at radius 2 is 2.04 bits per heavy atom. The average molecular weight is 377 g/mol. The maximum Gasteiger partial charge on any atom is 0.513 e. The zero-order valence-corrected chi connectivity index (χ0v) is 14.6. The number of hydrogen-bond acceptors (Lipinski definition) is 8. The van der Waals surface area contributed by atoms with Crippen molar-refractivity contribution in [2.24, 2.45) is 5.14 Å². The average Bonchev–Trinajstić information content (AvgIpc) is 2.91. The molecular formula is C15H15N5O5S. The van der Waals surface area contributed by atoms with Gasteiger partial charge in [0.2, 0.25) is 10.0 Å². The molecule has 0 amide bonds. The fourth-order valence-electron chi connectivity index (χ4n) is 2.41. The Hall–Kier alpha value is -3.18. The summed E-state index contributed by atoms with van der Waals surface area (Å²) in [5.41, 5.74) is 1.31. The van der Waals surface area contributed by atoms with E-state index < -0.39 is 16.2 Å². The van der Waals surface area contributed by atoms with Crippen molar-refractivity contribution >= 4 is 33.2 Å². The smallest absolute Gasteiger partial charge is 0.437 e. The topological polar surface area (TPSA) is 138 Å². The summed E-state index contributed by atoms with van der Waals surface area (Å²) >= 11 is 0. The highest BCUT2D eigenvalue weighted by Crippen LogP contribution is 2.31. The molecule has 136 valence electrons. The second kappa shape index (κ2) is 6.61. The highest BCUT2D eigenvalue weighted by molar-refractivity contribution is 7.89. The Kier molecular flexibility index (Phi) is 4.49. The minimum atomic E-state index is -3.93. The second-order valence-electron chi connectivity index (χ2n) is 5.24. The molecule has 3 rings (SSSR count). The summed E-state index contributed by atoms with van der Waals surface area (Å²) in [5, 5.41) is 12.3. The summed E-state index contributed by atoms with van der Waals surface area (Å²) in [4.78, 5) is 15.4. The van der Waals surface area contributed by atoms with Crippen molar-refractivity contribution in [3.8, 4) is 5.75 Å². The van der Waals surface area contributed by atoms with E-state index >= 15 is 0 Å². The highest BCUT2D eigenvalue weighted by Gasteiger charge is 2.19. The number of sulfonamides is 1. The van der Waals surface area contributed by atoms with Gasteiger partial charge in [0.05, 0.1) is 19.0 Å². The van der Waals surface area contributed by atoms with Gasteiger partial charge in [-0.1, -0.05) is 12.1 Å². The van der Waals surface area contributed by atoms with Crippen molar-refractivity contribution in [1.29, 1.82) is 0 Å². The maximum absolute atomic E-state index is 11.8. The van der Waals surface area contributed by atoms with Crippen LogP contribution >= 0.6 is 0 Å². The van der Waals surface area contributed by atoms with Crippen LogP contribution in [0.1, 0.15) is 5.56 Å². The summed E-state index contributed by atoms with van der Waals surface area (Å²) < 4.78 is 34.5. The van der Waals surface area contributed by atoms with E-state index in [1.165, 1.54) is 30.2 Å². The number of benzene rings is 1. The fraction of sp³-hybridized carbons (Fsp3) is 0.133. The molecular weight excluding hydrogens is 362 g/mol. The number of nitrogens with one attached hydrogen (secondary N) is 1. The van der Waals surface area contributed by atoms with E-state index in [2.05, 4.69) is 20.1 Å². The third kappa shape index (κ3) is 3.30. The summed E-state index contributed by atoms with van der Waals surface area (Å²) in [6.07, 6.45) is 1.89. The summed E-state index contributed by atoms with van der Waals surface area (Å²) in [7, 11) is -2.73. The first-order valence-corrected chi connectivity index (χ1v) is 8.83. The molecule has 0 saturated heterocycles. The van der Waals surface area contributed by atoms with Gasteiger partial charge in [0.15, 0.2) is 11.6 Å². The number of anilines is 2. The quantitative estimate of drug-likeness (QED) is 0.654. The standard InChI is InChI=1S/C15H15N5O5S/c1-9-11(25-15(21)24-2)7-20-13(9)14(17-8-18-20)19-10-5-3-4-6-12(10)26(16,22)23/h3-8H,1-2H3,(H2,16,22,23)(H,17,18,19). The summed E-state index contributed by atoms with van der Waals surface area (Å²) in [6.45, 7) is 1.70. The number of methoxy groups -OCH3 is 1. The Morgan fingerprint density at radius 3 is 2.73 bits per heavy atom. The Morgan fingerprint density at radius 1 is 1.31 bits per heavy atom. The van der Waals surface area contributed by atoms with Crippen molar-refractivity contribution in [1.82, 2.24) is 14.6 Å². The summed E-state index contributed by atoms with van der Waals surface area (Å²) in [5.74, 6) is 0.549. The van der Waals surface area contributed by atoms with Gasteiger partial charge in [-0.2, -0.15) is 5.10 Å². The van der Waals surface area contributed by atoms with Gasteiger partial charge < -0.3 is 14.8 Å². The van der Waals surface area contributed by atoms with Gasteiger partial charge >= 0.3 is 6.16 Å². The second-order valence-corrected chi connectivity index (χ2v) is 6.77. The number of rotatable bonds is 4. The fourth-order valence-corrected chi connectivity index (χ4v) is 3.10. The Labute approximate surface area is 148 Å². The van der Waals surface area contributed by atoms with Crippen molar-refractivity contribution in [3.63, 3.8) is 0 Å². The van der Waals surface area contributed by atoms with Crippen LogP contribution in [-0.2, 0) is 14.8 Å². The molecule has 3 N–H and O–H groups in total. The van der Waals surface area contributed by atoms with Crippen LogP contribution in [0.15, 0.2) is 41.7 Å². The van der Waals surface area contributed by atoms with Gasteiger partial charge in [-0.3, -0.25) is 0 Å². The monoisotopic (exact) mass is 377 g/mol. The first-order chi connectivity index (χ1) is 12.3. The van der Waals surface area contributed by atoms with Crippen LogP contribution in [0, 0.1) is 6.92 Å². The van der Waals surface area contributed by atoms with Crippen molar-refractivity contribution in [3.05, 3.63) is 42.4 Å². The zero-order valence-electron chi connectivity index (χ0n) is 13.8. The van der Waals surface area contributed by atoms with Crippen LogP contribution in [0.2, 0.25) is 0 Å². The lowest BCUT2D eigenvalue weighted by Crippen LogP contribution is -2.14. The lowest BCUT2D eigenvalue weighted by molar-refractivity contribution is 0.121. The van der Waals surface area contributed by atoms with Gasteiger partial charge in [-0.15, -0.1) is 0 Å². The number of primary sulfonamides is 1. The van der Waals surface area contributed by atoms with E-state index in [4.69, 9.17) is 9.88 Å². The van der Waals surface area contributed by atoms with Crippen molar-refractivity contribution in [2.45, 2.75) is 11.8 Å². The van der Waals surface area contributed by atoms with Crippen LogP contribution in [0.3, 0.4) is 0 Å². The van der Waals surface area contributed by atoms with E-state index in [-0.39, 0.29) is 16.3 Å². The van der Waals surface area contributed by atoms with Crippen molar-refractivity contribution in [2.75, 3.05) is 12.4 Å². The van der Waals surface area contributed by atoms with Gasteiger partial charge in [0.1, 0.15) is 16.7 Å². The van der Waals surface area contributed by atoms with Crippen LogP contribution in [-0.4, -0.2) is 36.3 Å². The number of carbonyl (C=O) groups is 1. The number of aromatic nitrogens is 3. The van der Waals surface area contributed by atoms with Crippen LogP contribution < -0.4 is 15.2 Å². The molecule has 0 spiro atoms. The molecule has 11 heteroatoms. The molecule has 0 radical (unpaired) electrons. The lowest BCUT2D eigenvalue weighted by Gasteiger charge is -2.11. The number of nitrogens with two attached hydrogens (primary N) is 1. The Bertz CT molecular complexity index is 1090. The van der Waals surface area contributed by atoms with Gasteiger partial charge in [0, 0.05) is 5.56 Å². The van der Waals surface area contributed by atoms with Crippen molar-refractivity contribution < 1.29 is 22.7 Å². The molecule has 0 saturated carbocycles. The first kappa shape index (κ1) is 17.6. The number of aryl methyl sites for hydroxylation is 1. The van der Waals surface area contributed by atoms with E-state index in [0.717, 1.165) is 0 Å². The zero-order chi connectivity index (χ0) is 18.9. The van der Waals surface area contributed by atoms with E-state index in [0.29, 0.717) is 16.9 Å². The molecule has 0 aliphatic heterocycles. The minimum absolute atomic E-state index is 0.0768. The molecule has 2 heterocycles. The molecule has 3 aromatic rings. The molecule has 26 heavy (non-hydrogen) atoms. The van der Waals surface area contributed by atoms with E-state index in [9.17, 15) is 13.2 Å². The predicted molar refractivity (Wildman–Crippen MR) is 91.9 cm³/mol. The molecule has 0 fully saturated rings. The molecule has 0 unspecified atom stereocenters. The Balaban J connectivity index is 2.09. The van der Waals surface area contributed by atoms with E-state index in [1.807, 2.05) is 0 Å². The number of carbonyl (C=O) groups excluding carboxylic acids is 1. The molecule has 0 aliphatic rings. The highest BCUT2D eigenvalue weighted by atomic mass is 32.2. The SMILES string of the molecule is COC(=O)Oc1cn2ncnc(Nc3ccccc3S(N)(=O)=O)c2c1C. The first-order valence-electron chi connectivity index (χ1n) is 7.29. The number of ether oxygens (including phenoxy) is 2. The van der Waals surface area contributed by atoms with Crippen LogP contribution in [0.5, 0.6) is 5.75 Å². The molecule has 0 atom stereocenters. The lowest BCUT2D eigenvalue weighted by atomic mass is 10.2. The number of para-hydroxylation sites is 1.